The lowest BCUT2D eigenvalue weighted by atomic mass is 10.0. The standard InChI is InChI=1S/C15H13BrClIN2O/c16-10-6-5-9(7-11(10)17)14-19-13(8-3-1-2-4-8)12(18)15(21)20-14/h5-8H,1-4H2,(H,19,20,21). The number of H-pyrrole nitrogens is 1. The lowest BCUT2D eigenvalue weighted by Crippen LogP contribution is -2.17. The Kier molecular flexibility index (Phi) is 4.71. The van der Waals surface area contributed by atoms with Crippen molar-refractivity contribution in [1.82, 2.24) is 9.97 Å². The maximum atomic E-state index is 12.2. The highest BCUT2D eigenvalue weighted by molar-refractivity contribution is 14.1. The van der Waals surface area contributed by atoms with E-state index in [4.69, 9.17) is 16.6 Å². The molecule has 0 spiro atoms. The van der Waals surface area contributed by atoms with E-state index in [1.165, 1.54) is 12.8 Å². The average Bonchev–Trinajstić information content (AvgIpc) is 2.98. The summed E-state index contributed by atoms with van der Waals surface area (Å²) in [5.41, 5.74) is 1.70. The zero-order valence-electron chi connectivity index (χ0n) is 11.1. The number of aromatic nitrogens is 2. The van der Waals surface area contributed by atoms with Crippen molar-refractivity contribution < 1.29 is 0 Å². The molecule has 6 heteroatoms. The van der Waals surface area contributed by atoms with Crippen molar-refractivity contribution in [2.24, 2.45) is 0 Å². The molecule has 1 aliphatic rings. The van der Waals surface area contributed by atoms with Crippen molar-refractivity contribution >= 4 is 50.1 Å². The van der Waals surface area contributed by atoms with Crippen LogP contribution in [0.15, 0.2) is 27.5 Å². The number of nitrogens with one attached hydrogen (secondary N) is 1. The number of hydrogen-bond acceptors (Lipinski definition) is 2. The maximum absolute atomic E-state index is 12.2. The second-order valence-corrected chi connectivity index (χ2v) is 7.56. The molecule has 1 aromatic carbocycles. The van der Waals surface area contributed by atoms with Gasteiger partial charge in [-0.2, -0.15) is 0 Å². The van der Waals surface area contributed by atoms with E-state index >= 15 is 0 Å². The summed E-state index contributed by atoms with van der Waals surface area (Å²) in [5.74, 6) is 1.00. The van der Waals surface area contributed by atoms with Gasteiger partial charge < -0.3 is 4.98 Å². The van der Waals surface area contributed by atoms with E-state index in [0.717, 1.165) is 28.6 Å². The number of nitrogens with zero attached hydrogens (tertiary/aromatic N) is 1. The molecule has 3 rings (SSSR count). The molecule has 3 nitrogen and oxygen atoms in total. The Bertz CT molecular complexity index is 741. The van der Waals surface area contributed by atoms with Gasteiger partial charge in [-0.1, -0.05) is 30.5 Å². The van der Waals surface area contributed by atoms with Crippen LogP contribution in [0.25, 0.3) is 11.4 Å². The summed E-state index contributed by atoms with van der Waals surface area (Å²) in [6.07, 6.45) is 4.67. The summed E-state index contributed by atoms with van der Waals surface area (Å²) in [7, 11) is 0. The van der Waals surface area contributed by atoms with Crippen LogP contribution in [0.4, 0.5) is 0 Å². The van der Waals surface area contributed by atoms with Crippen molar-refractivity contribution in [2.75, 3.05) is 0 Å². The zero-order valence-corrected chi connectivity index (χ0v) is 15.6. The highest BCUT2D eigenvalue weighted by Gasteiger charge is 2.23. The van der Waals surface area contributed by atoms with Crippen LogP contribution in [-0.2, 0) is 0 Å². The normalized spacial score (nSPS) is 15.6. The van der Waals surface area contributed by atoms with Gasteiger partial charge in [-0.05, 0) is 63.5 Å². The van der Waals surface area contributed by atoms with Gasteiger partial charge in [-0.15, -0.1) is 0 Å². The number of aromatic amines is 1. The van der Waals surface area contributed by atoms with Crippen molar-refractivity contribution in [3.63, 3.8) is 0 Å². The highest BCUT2D eigenvalue weighted by Crippen LogP contribution is 2.35. The fraction of sp³-hybridized carbons (Fsp3) is 0.333. The number of hydrogen-bond donors (Lipinski definition) is 1. The molecule has 0 saturated heterocycles. The van der Waals surface area contributed by atoms with E-state index in [1.54, 1.807) is 0 Å². The quantitative estimate of drug-likeness (QED) is 0.608. The average molecular weight is 480 g/mol. The lowest BCUT2D eigenvalue weighted by molar-refractivity contribution is 0.687. The molecule has 1 N–H and O–H groups in total. The molecule has 1 heterocycles. The Morgan fingerprint density at radius 2 is 2.05 bits per heavy atom. The molecule has 1 saturated carbocycles. The van der Waals surface area contributed by atoms with Crippen molar-refractivity contribution in [3.8, 4) is 11.4 Å². The third kappa shape index (κ3) is 3.19. The molecule has 0 radical (unpaired) electrons. The fourth-order valence-corrected chi connectivity index (χ4v) is 3.85. The van der Waals surface area contributed by atoms with Gasteiger partial charge in [0.25, 0.3) is 5.56 Å². The zero-order chi connectivity index (χ0) is 15.0. The van der Waals surface area contributed by atoms with Crippen LogP contribution in [0.2, 0.25) is 5.02 Å². The first-order chi connectivity index (χ1) is 10.1. The van der Waals surface area contributed by atoms with Crippen LogP contribution in [0.5, 0.6) is 0 Å². The number of benzene rings is 1. The number of halogens is 3. The monoisotopic (exact) mass is 478 g/mol. The van der Waals surface area contributed by atoms with Gasteiger partial charge in [-0.3, -0.25) is 4.79 Å². The Labute approximate surface area is 149 Å². The van der Waals surface area contributed by atoms with Gasteiger partial charge in [-0.25, -0.2) is 4.98 Å². The van der Waals surface area contributed by atoms with Crippen LogP contribution >= 0.6 is 50.1 Å². The van der Waals surface area contributed by atoms with Crippen LogP contribution < -0.4 is 5.56 Å². The summed E-state index contributed by atoms with van der Waals surface area (Å²) >= 11 is 11.6. The van der Waals surface area contributed by atoms with E-state index in [-0.39, 0.29) is 5.56 Å². The van der Waals surface area contributed by atoms with E-state index in [1.807, 2.05) is 18.2 Å². The van der Waals surface area contributed by atoms with Gasteiger partial charge >= 0.3 is 0 Å². The molecular formula is C15H13BrClIN2O. The van der Waals surface area contributed by atoms with Crippen molar-refractivity contribution in [3.05, 3.63) is 47.3 Å². The minimum Gasteiger partial charge on any atom is -0.306 e. The summed E-state index contributed by atoms with van der Waals surface area (Å²) in [6.45, 7) is 0. The van der Waals surface area contributed by atoms with Crippen LogP contribution in [0.3, 0.4) is 0 Å². The molecule has 1 fully saturated rings. The molecule has 0 amide bonds. The molecule has 0 bridgehead atoms. The molecule has 0 aliphatic heterocycles. The van der Waals surface area contributed by atoms with E-state index in [9.17, 15) is 4.79 Å². The lowest BCUT2D eigenvalue weighted by Gasteiger charge is -2.12. The van der Waals surface area contributed by atoms with Gasteiger partial charge in [0.1, 0.15) is 5.82 Å². The molecule has 1 aliphatic carbocycles. The summed E-state index contributed by atoms with van der Waals surface area (Å²) < 4.78 is 1.54. The summed E-state index contributed by atoms with van der Waals surface area (Å²) in [4.78, 5) is 19.8. The molecule has 21 heavy (non-hydrogen) atoms. The first kappa shape index (κ1) is 15.5. The first-order valence-electron chi connectivity index (χ1n) is 6.81. The van der Waals surface area contributed by atoms with E-state index < -0.39 is 0 Å². The molecule has 0 unspecified atom stereocenters. The van der Waals surface area contributed by atoms with E-state index in [2.05, 4.69) is 43.5 Å². The second kappa shape index (κ2) is 6.38. The second-order valence-electron chi connectivity index (χ2n) is 5.22. The van der Waals surface area contributed by atoms with Crippen LogP contribution in [-0.4, -0.2) is 9.97 Å². The van der Waals surface area contributed by atoms with Gasteiger partial charge in [0, 0.05) is 16.0 Å². The molecule has 0 atom stereocenters. The van der Waals surface area contributed by atoms with Crippen LogP contribution in [0, 0.1) is 3.57 Å². The predicted molar refractivity (Wildman–Crippen MR) is 96.9 cm³/mol. The Hall–Kier alpha value is -0.400. The van der Waals surface area contributed by atoms with Crippen molar-refractivity contribution in [2.45, 2.75) is 31.6 Å². The van der Waals surface area contributed by atoms with Gasteiger partial charge in [0.2, 0.25) is 0 Å². The predicted octanol–water partition coefficient (Wildman–Crippen LogP) is 5.12. The molecule has 2 aromatic rings. The minimum atomic E-state index is -0.0680. The van der Waals surface area contributed by atoms with Gasteiger partial charge in [0.05, 0.1) is 14.3 Å². The summed E-state index contributed by atoms with van der Waals surface area (Å²) in [6, 6.07) is 5.58. The van der Waals surface area contributed by atoms with Crippen molar-refractivity contribution in [1.29, 1.82) is 0 Å². The molecular weight excluding hydrogens is 466 g/mol. The van der Waals surface area contributed by atoms with E-state index in [0.29, 0.717) is 20.3 Å². The topological polar surface area (TPSA) is 45.8 Å². The van der Waals surface area contributed by atoms with Gasteiger partial charge in [0.15, 0.2) is 0 Å². The smallest absolute Gasteiger partial charge is 0.264 e. The Morgan fingerprint density at radius 3 is 2.71 bits per heavy atom. The first-order valence-corrected chi connectivity index (χ1v) is 9.06. The Balaban J connectivity index is 2.10. The van der Waals surface area contributed by atoms with Crippen LogP contribution in [0.1, 0.15) is 37.3 Å². The molecule has 1 aromatic heterocycles. The Morgan fingerprint density at radius 1 is 1.33 bits per heavy atom. The highest BCUT2D eigenvalue weighted by atomic mass is 127. The number of rotatable bonds is 2. The maximum Gasteiger partial charge on any atom is 0.264 e. The summed E-state index contributed by atoms with van der Waals surface area (Å²) in [5, 5.41) is 0.608. The molecule has 110 valence electrons. The SMILES string of the molecule is O=c1[nH]c(-c2ccc(Br)c(Cl)c2)nc(C2CCCC2)c1I. The third-order valence-electron chi connectivity index (χ3n) is 3.82. The minimum absolute atomic E-state index is 0.0680. The fourth-order valence-electron chi connectivity index (χ4n) is 2.73. The largest absolute Gasteiger partial charge is 0.306 e. The third-order valence-corrected chi connectivity index (χ3v) is 6.10.